The van der Waals surface area contributed by atoms with Gasteiger partial charge in [0, 0.05) is 55.8 Å². The molecule has 0 amide bonds. The average Bonchev–Trinajstić information content (AvgIpc) is 3.77. The number of hydrogen-bond acceptors (Lipinski definition) is 4. The highest BCUT2D eigenvalue weighted by atomic mass is 16.3. The number of rotatable bonds is 6. The van der Waals surface area contributed by atoms with Crippen molar-refractivity contribution >= 4 is 50.0 Å². The molecule has 1 aliphatic rings. The zero-order valence-corrected chi connectivity index (χ0v) is 31.6. The van der Waals surface area contributed by atoms with Crippen LogP contribution in [-0.4, -0.2) is 9.97 Å². The van der Waals surface area contributed by atoms with Crippen molar-refractivity contribution in [2.24, 2.45) is 0 Å². The van der Waals surface area contributed by atoms with Crippen LogP contribution in [0.25, 0.3) is 77.6 Å². The van der Waals surface area contributed by atoms with E-state index in [9.17, 15) is 0 Å². The standard InChI is InChI=1S/C53H37N3O/c1-53(2)45-20-8-6-16-43(45)50-46(53)21-11-22-48(50)56(37-28-24-35(25-29-37)39-17-10-18-41-40-15-7-9-23-49(40)57-51(39)41)38-30-26-36(27-31-38)47-33-44(34-13-4-3-5-14-34)42-19-12-32-54-52(42)55-47/h3-33H,1-2H3. The topological polar surface area (TPSA) is 42.2 Å². The zero-order valence-electron chi connectivity index (χ0n) is 31.6. The lowest BCUT2D eigenvalue weighted by Crippen LogP contribution is -2.16. The van der Waals surface area contributed by atoms with Gasteiger partial charge in [0.2, 0.25) is 0 Å². The normalized spacial score (nSPS) is 12.9. The lowest BCUT2D eigenvalue weighted by molar-refractivity contribution is 0.660. The van der Waals surface area contributed by atoms with Crippen molar-refractivity contribution in [2.75, 3.05) is 4.90 Å². The summed E-state index contributed by atoms with van der Waals surface area (Å²) in [4.78, 5) is 12.1. The second-order valence-electron chi connectivity index (χ2n) is 15.4. The summed E-state index contributed by atoms with van der Waals surface area (Å²) >= 11 is 0. The number of pyridine rings is 2. The van der Waals surface area contributed by atoms with E-state index in [1.807, 2.05) is 30.5 Å². The minimum Gasteiger partial charge on any atom is -0.455 e. The summed E-state index contributed by atoms with van der Waals surface area (Å²) in [6, 6.07) is 64.8. The van der Waals surface area contributed by atoms with Gasteiger partial charge >= 0.3 is 0 Å². The van der Waals surface area contributed by atoms with Crippen molar-refractivity contribution in [2.45, 2.75) is 19.3 Å². The Hall–Kier alpha value is -7.30. The van der Waals surface area contributed by atoms with Gasteiger partial charge in [-0.3, -0.25) is 0 Å². The average molecular weight is 732 g/mol. The molecule has 0 unspecified atom stereocenters. The van der Waals surface area contributed by atoms with E-state index in [4.69, 9.17) is 9.40 Å². The SMILES string of the molecule is CC1(C)c2ccccc2-c2c(N(c3ccc(-c4cc(-c5ccccc5)c5cccnc5n4)cc3)c3ccc(-c4cccc5c4oc4ccccc45)cc3)cccc21. The Morgan fingerprint density at radius 2 is 1.12 bits per heavy atom. The van der Waals surface area contributed by atoms with Gasteiger partial charge in [0.15, 0.2) is 5.65 Å². The van der Waals surface area contributed by atoms with Crippen molar-refractivity contribution < 1.29 is 4.42 Å². The Morgan fingerprint density at radius 1 is 0.491 bits per heavy atom. The molecule has 0 radical (unpaired) electrons. The smallest absolute Gasteiger partial charge is 0.160 e. The van der Waals surface area contributed by atoms with Crippen LogP contribution in [0.4, 0.5) is 17.1 Å². The fourth-order valence-corrected chi connectivity index (χ4v) is 8.96. The molecule has 0 fully saturated rings. The summed E-state index contributed by atoms with van der Waals surface area (Å²) in [7, 11) is 0. The third-order valence-electron chi connectivity index (χ3n) is 11.8. The molecular weight excluding hydrogens is 695 g/mol. The first-order chi connectivity index (χ1) is 28.0. The van der Waals surface area contributed by atoms with E-state index in [0.717, 1.165) is 83.5 Å². The summed E-state index contributed by atoms with van der Waals surface area (Å²) in [6.07, 6.45) is 1.81. The summed E-state index contributed by atoms with van der Waals surface area (Å²) in [5.74, 6) is 0. The van der Waals surface area contributed by atoms with Crippen molar-refractivity contribution in [3.05, 3.63) is 199 Å². The monoisotopic (exact) mass is 731 g/mol. The highest BCUT2D eigenvalue weighted by molar-refractivity contribution is 6.09. The fourth-order valence-electron chi connectivity index (χ4n) is 8.96. The Balaban J connectivity index is 1.06. The number of nitrogens with zero attached hydrogens (tertiary/aromatic N) is 3. The summed E-state index contributed by atoms with van der Waals surface area (Å²) < 4.78 is 6.44. The molecule has 57 heavy (non-hydrogen) atoms. The number of furan rings is 1. The number of benzene rings is 7. The number of para-hydroxylation sites is 2. The van der Waals surface area contributed by atoms with E-state index in [1.165, 1.54) is 22.3 Å². The molecule has 0 N–H and O–H groups in total. The van der Waals surface area contributed by atoms with E-state index >= 15 is 0 Å². The van der Waals surface area contributed by atoms with Gasteiger partial charge in [-0.1, -0.05) is 141 Å². The maximum absolute atomic E-state index is 6.44. The number of aromatic nitrogens is 2. The molecule has 11 rings (SSSR count). The van der Waals surface area contributed by atoms with Gasteiger partial charge in [-0.05, 0) is 88.0 Å². The van der Waals surface area contributed by atoms with Crippen LogP contribution in [0.5, 0.6) is 0 Å². The van der Waals surface area contributed by atoms with Gasteiger partial charge in [0.1, 0.15) is 11.2 Å². The minimum absolute atomic E-state index is 0.126. The predicted molar refractivity (Wildman–Crippen MR) is 235 cm³/mol. The molecule has 0 aliphatic heterocycles. The van der Waals surface area contributed by atoms with Crippen molar-refractivity contribution in [3.63, 3.8) is 0 Å². The van der Waals surface area contributed by atoms with Gasteiger partial charge in [-0.25, -0.2) is 9.97 Å². The maximum Gasteiger partial charge on any atom is 0.160 e. The first kappa shape index (κ1) is 33.1. The summed E-state index contributed by atoms with van der Waals surface area (Å²) in [5.41, 5.74) is 17.3. The molecule has 0 saturated carbocycles. The molecule has 4 heteroatoms. The van der Waals surface area contributed by atoms with Crippen LogP contribution in [0.3, 0.4) is 0 Å². The molecule has 0 spiro atoms. The van der Waals surface area contributed by atoms with Crippen molar-refractivity contribution in [1.29, 1.82) is 0 Å². The molecule has 4 nitrogen and oxygen atoms in total. The highest BCUT2D eigenvalue weighted by Gasteiger charge is 2.37. The summed E-state index contributed by atoms with van der Waals surface area (Å²) in [5, 5.41) is 3.30. The van der Waals surface area contributed by atoms with Crippen LogP contribution in [0.1, 0.15) is 25.0 Å². The molecular formula is C53H37N3O. The third kappa shape index (κ3) is 5.29. The van der Waals surface area contributed by atoms with Crippen LogP contribution < -0.4 is 4.90 Å². The molecule has 3 heterocycles. The molecule has 10 aromatic rings. The minimum atomic E-state index is -0.126. The molecule has 0 saturated heterocycles. The van der Waals surface area contributed by atoms with E-state index in [2.05, 4.69) is 181 Å². The second-order valence-corrected chi connectivity index (χ2v) is 15.4. The van der Waals surface area contributed by atoms with Gasteiger partial charge < -0.3 is 9.32 Å². The number of hydrogen-bond donors (Lipinski definition) is 0. The van der Waals surface area contributed by atoms with Crippen LogP contribution in [-0.2, 0) is 5.41 Å². The lowest BCUT2D eigenvalue weighted by atomic mass is 9.82. The largest absolute Gasteiger partial charge is 0.455 e. The van der Waals surface area contributed by atoms with E-state index < -0.39 is 0 Å². The van der Waals surface area contributed by atoms with E-state index in [1.54, 1.807) is 0 Å². The molecule has 3 aromatic heterocycles. The summed E-state index contributed by atoms with van der Waals surface area (Å²) in [6.45, 7) is 4.67. The molecule has 1 aliphatic carbocycles. The number of fused-ring (bicyclic) bond motifs is 7. The molecule has 0 bridgehead atoms. The molecule has 0 atom stereocenters. The van der Waals surface area contributed by atoms with Crippen molar-refractivity contribution in [1.82, 2.24) is 9.97 Å². The van der Waals surface area contributed by atoms with Crippen LogP contribution in [0.15, 0.2) is 193 Å². The first-order valence-corrected chi connectivity index (χ1v) is 19.5. The zero-order chi connectivity index (χ0) is 38.1. The Labute approximate surface area is 331 Å². The van der Waals surface area contributed by atoms with Crippen LogP contribution in [0.2, 0.25) is 0 Å². The number of anilines is 3. The van der Waals surface area contributed by atoms with Crippen molar-refractivity contribution in [3.8, 4) is 44.6 Å². The second kappa shape index (κ2) is 12.9. The van der Waals surface area contributed by atoms with Gasteiger partial charge in [0.25, 0.3) is 0 Å². The van der Waals surface area contributed by atoms with E-state index in [0.29, 0.717) is 0 Å². The quantitative estimate of drug-likeness (QED) is 0.171. The molecule has 270 valence electrons. The van der Waals surface area contributed by atoms with E-state index in [-0.39, 0.29) is 5.41 Å². The van der Waals surface area contributed by atoms with Gasteiger partial charge in [0.05, 0.1) is 11.4 Å². The van der Waals surface area contributed by atoms with Gasteiger partial charge in [-0.15, -0.1) is 0 Å². The Morgan fingerprint density at radius 3 is 1.95 bits per heavy atom. The fraction of sp³-hybridized carbons (Fsp3) is 0.0566. The highest BCUT2D eigenvalue weighted by Crippen LogP contribution is 2.54. The van der Waals surface area contributed by atoms with Crippen LogP contribution >= 0.6 is 0 Å². The Bertz CT molecular complexity index is 3140. The lowest BCUT2D eigenvalue weighted by Gasteiger charge is -2.29. The first-order valence-electron chi connectivity index (χ1n) is 19.5. The molecule has 7 aromatic carbocycles. The predicted octanol–water partition coefficient (Wildman–Crippen LogP) is 14.3. The Kier molecular flexibility index (Phi) is 7.48. The van der Waals surface area contributed by atoms with Crippen LogP contribution in [0, 0.1) is 0 Å². The van der Waals surface area contributed by atoms with Gasteiger partial charge in [-0.2, -0.15) is 0 Å². The third-order valence-corrected chi connectivity index (χ3v) is 11.8. The maximum atomic E-state index is 6.44.